The monoisotopic (exact) mass is 266 g/mol. The van der Waals surface area contributed by atoms with Crippen LogP contribution in [-0.4, -0.2) is 44.8 Å². The van der Waals surface area contributed by atoms with Crippen LogP contribution in [0.2, 0.25) is 0 Å². The van der Waals surface area contributed by atoms with Gasteiger partial charge in [-0.05, 0) is 65.3 Å². The van der Waals surface area contributed by atoms with Gasteiger partial charge in [-0.1, -0.05) is 6.42 Å². The van der Waals surface area contributed by atoms with Crippen LogP contribution in [0.5, 0.6) is 0 Å². The van der Waals surface area contributed by atoms with E-state index in [0.717, 1.165) is 32.5 Å². The number of alkyl halides is 3. The van der Waals surface area contributed by atoms with Gasteiger partial charge in [-0.15, -0.1) is 0 Å². The van der Waals surface area contributed by atoms with Gasteiger partial charge in [0.1, 0.15) is 0 Å². The van der Waals surface area contributed by atoms with Crippen LogP contribution < -0.4 is 5.32 Å². The fraction of sp³-hybridized carbons (Fsp3) is 1.00. The average Bonchev–Trinajstić information content (AvgIpc) is 2.27. The van der Waals surface area contributed by atoms with Gasteiger partial charge in [0, 0.05) is 0 Å². The number of nitrogens with zero attached hydrogens (tertiary/aromatic N) is 1. The molecule has 0 aliphatic heterocycles. The Bertz CT molecular complexity index is 229. The molecule has 1 fully saturated rings. The Labute approximate surface area is 108 Å². The second-order valence-corrected chi connectivity index (χ2v) is 5.63. The molecule has 0 saturated heterocycles. The summed E-state index contributed by atoms with van der Waals surface area (Å²) in [4.78, 5) is 2.11. The molecule has 0 aromatic rings. The minimum absolute atomic E-state index is 0.199. The molecule has 0 heterocycles. The van der Waals surface area contributed by atoms with E-state index < -0.39 is 12.1 Å². The van der Waals surface area contributed by atoms with Crippen molar-refractivity contribution in [2.45, 2.75) is 38.3 Å². The third-order valence-corrected chi connectivity index (χ3v) is 3.64. The molecule has 1 aliphatic rings. The fourth-order valence-corrected chi connectivity index (χ4v) is 2.60. The predicted octanol–water partition coefficient (Wildman–Crippen LogP) is 2.90. The lowest BCUT2D eigenvalue weighted by molar-refractivity contribution is -0.185. The highest BCUT2D eigenvalue weighted by atomic mass is 19.4. The third kappa shape index (κ3) is 6.05. The van der Waals surface area contributed by atoms with Gasteiger partial charge in [0.15, 0.2) is 0 Å². The number of hydrogen-bond acceptors (Lipinski definition) is 2. The molecule has 0 amide bonds. The maximum absolute atomic E-state index is 12.6. The van der Waals surface area contributed by atoms with Crippen molar-refractivity contribution in [3.05, 3.63) is 0 Å². The van der Waals surface area contributed by atoms with Crippen molar-refractivity contribution in [1.82, 2.24) is 10.2 Å². The van der Waals surface area contributed by atoms with Crippen LogP contribution in [0, 0.1) is 11.8 Å². The summed E-state index contributed by atoms with van der Waals surface area (Å²) < 4.78 is 37.9. The SMILES string of the molecule is CN(C)CCCNCC1CCCC(C(F)(F)F)C1. The summed E-state index contributed by atoms with van der Waals surface area (Å²) in [6.45, 7) is 2.65. The molecular weight excluding hydrogens is 241 g/mol. The molecule has 2 nitrogen and oxygen atoms in total. The molecule has 0 aromatic heterocycles. The first-order valence-corrected chi connectivity index (χ1v) is 6.81. The van der Waals surface area contributed by atoms with Crippen LogP contribution in [0.25, 0.3) is 0 Å². The van der Waals surface area contributed by atoms with Crippen molar-refractivity contribution in [1.29, 1.82) is 0 Å². The molecular formula is C13H25F3N2. The van der Waals surface area contributed by atoms with E-state index in [1.807, 2.05) is 14.1 Å². The molecule has 1 saturated carbocycles. The van der Waals surface area contributed by atoms with Crippen molar-refractivity contribution in [3.8, 4) is 0 Å². The highest BCUT2D eigenvalue weighted by molar-refractivity contribution is 4.78. The molecule has 0 spiro atoms. The number of hydrogen-bond donors (Lipinski definition) is 1. The molecule has 2 unspecified atom stereocenters. The Morgan fingerprint density at radius 3 is 2.56 bits per heavy atom. The minimum Gasteiger partial charge on any atom is -0.316 e. The van der Waals surface area contributed by atoms with E-state index >= 15 is 0 Å². The van der Waals surface area contributed by atoms with Crippen LogP contribution in [0.4, 0.5) is 13.2 Å². The topological polar surface area (TPSA) is 15.3 Å². The molecule has 0 aromatic carbocycles. The van der Waals surface area contributed by atoms with Gasteiger partial charge in [0.25, 0.3) is 0 Å². The fourth-order valence-electron chi connectivity index (χ4n) is 2.60. The Kier molecular flexibility index (Phi) is 6.43. The van der Waals surface area contributed by atoms with Gasteiger partial charge in [0.2, 0.25) is 0 Å². The maximum Gasteiger partial charge on any atom is 0.391 e. The lowest BCUT2D eigenvalue weighted by atomic mass is 9.81. The smallest absolute Gasteiger partial charge is 0.316 e. The molecule has 5 heteroatoms. The van der Waals surface area contributed by atoms with Crippen LogP contribution >= 0.6 is 0 Å². The van der Waals surface area contributed by atoms with Gasteiger partial charge in [-0.3, -0.25) is 0 Å². The second kappa shape index (κ2) is 7.34. The zero-order chi connectivity index (χ0) is 13.6. The molecule has 18 heavy (non-hydrogen) atoms. The van der Waals surface area contributed by atoms with E-state index in [9.17, 15) is 13.2 Å². The van der Waals surface area contributed by atoms with Gasteiger partial charge in [0.05, 0.1) is 5.92 Å². The second-order valence-electron chi connectivity index (χ2n) is 5.63. The predicted molar refractivity (Wildman–Crippen MR) is 67.5 cm³/mol. The first-order chi connectivity index (χ1) is 8.39. The number of halogens is 3. The average molecular weight is 266 g/mol. The molecule has 2 atom stereocenters. The van der Waals surface area contributed by atoms with Crippen LogP contribution in [0.3, 0.4) is 0 Å². The Balaban J connectivity index is 2.15. The van der Waals surface area contributed by atoms with E-state index in [-0.39, 0.29) is 5.92 Å². The van der Waals surface area contributed by atoms with Gasteiger partial charge in [-0.2, -0.15) is 13.2 Å². The van der Waals surface area contributed by atoms with E-state index in [4.69, 9.17) is 0 Å². The van der Waals surface area contributed by atoms with Crippen molar-refractivity contribution in [3.63, 3.8) is 0 Å². The van der Waals surface area contributed by atoms with Crippen LogP contribution in [0.1, 0.15) is 32.1 Å². The Morgan fingerprint density at radius 1 is 1.22 bits per heavy atom. The highest BCUT2D eigenvalue weighted by Crippen LogP contribution is 2.39. The van der Waals surface area contributed by atoms with Crippen LogP contribution in [-0.2, 0) is 0 Å². The lowest BCUT2D eigenvalue weighted by Gasteiger charge is -2.30. The molecule has 0 radical (unpaired) electrons. The number of rotatable bonds is 6. The highest BCUT2D eigenvalue weighted by Gasteiger charge is 2.41. The zero-order valence-corrected chi connectivity index (χ0v) is 11.4. The normalized spacial score (nSPS) is 25.7. The summed E-state index contributed by atoms with van der Waals surface area (Å²) in [6.07, 6.45) is -0.668. The zero-order valence-electron chi connectivity index (χ0n) is 11.4. The van der Waals surface area contributed by atoms with Gasteiger partial charge < -0.3 is 10.2 Å². The molecule has 1 rings (SSSR count). The van der Waals surface area contributed by atoms with E-state index in [1.54, 1.807) is 0 Å². The van der Waals surface area contributed by atoms with Crippen molar-refractivity contribution >= 4 is 0 Å². The summed E-state index contributed by atoms with van der Waals surface area (Å²) in [5.41, 5.74) is 0. The summed E-state index contributed by atoms with van der Waals surface area (Å²) >= 11 is 0. The first kappa shape index (κ1) is 15.8. The summed E-state index contributed by atoms with van der Waals surface area (Å²) in [7, 11) is 4.05. The van der Waals surface area contributed by atoms with E-state index in [1.165, 1.54) is 0 Å². The minimum atomic E-state index is -4.00. The summed E-state index contributed by atoms with van der Waals surface area (Å²) in [6, 6.07) is 0. The third-order valence-electron chi connectivity index (χ3n) is 3.64. The number of nitrogens with one attached hydrogen (secondary N) is 1. The molecule has 108 valence electrons. The molecule has 1 N–H and O–H groups in total. The lowest BCUT2D eigenvalue weighted by Crippen LogP contribution is -2.34. The molecule has 1 aliphatic carbocycles. The summed E-state index contributed by atoms with van der Waals surface area (Å²) in [5.74, 6) is -0.871. The quantitative estimate of drug-likeness (QED) is 0.744. The largest absolute Gasteiger partial charge is 0.391 e. The molecule has 0 bridgehead atoms. The van der Waals surface area contributed by atoms with Crippen molar-refractivity contribution in [2.75, 3.05) is 33.7 Å². The Morgan fingerprint density at radius 2 is 1.94 bits per heavy atom. The van der Waals surface area contributed by atoms with E-state index in [2.05, 4.69) is 10.2 Å². The first-order valence-electron chi connectivity index (χ1n) is 6.81. The Hall–Kier alpha value is -0.290. The van der Waals surface area contributed by atoms with Gasteiger partial charge in [-0.25, -0.2) is 0 Å². The van der Waals surface area contributed by atoms with Crippen molar-refractivity contribution < 1.29 is 13.2 Å². The van der Waals surface area contributed by atoms with Gasteiger partial charge >= 0.3 is 6.18 Å². The van der Waals surface area contributed by atoms with E-state index in [0.29, 0.717) is 19.3 Å². The standard InChI is InChI=1S/C13H25F3N2/c1-18(2)8-4-7-17-10-11-5-3-6-12(9-11)13(14,15)16/h11-12,17H,3-10H2,1-2H3. The van der Waals surface area contributed by atoms with Crippen molar-refractivity contribution in [2.24, 2.45) is 11.8 Å². The summed E-state index contributed by atoms with van der Waals surface area (Å²) in [5, 5.41) is 3.29. The maximum atomic E-state index is 12.6. The van der Waals surface area contributed by atoms with Crippen LogP contribution in [0.15, 0.2) is 0 Å².